The zero-order valence-electron chi connectivity index (χ0n) is 17.3. The Morgan fingerprint density at radius 1 is 1.14 bits per heavy atom. The number of aliphatic hydroxyl groups excluding tert-OH is 1. The summed E-state index contributed by atoms with van der Waals surface area (Å²) in [6.45, 7) is 2.66. The Hall–Kier alpha value is -1.66. The summed E-state index contributed by atoms with van der Waals surface area (Å²) in [7, 11) is 3.99. The Kier molecular flexibility index (Phi) is 5.61. The third-order valence-corrected chi connectivity index (χ3v) is 7.02. The van der Waals surface area contributed by atoms with Crippen LogP contribution in [0, 0.1) is 0 Å². The maximum absolute atomic E-state index is 13.7. The van der Waals surface area contributed by atoms with E-state index < -0.39 is 0 Å². The van der Waals surface area contributed by atoms with Crippen molar-refractivity contribution in [3.05, 3.63) is 23.9 Å². The van der Waals surface area contributed by atoms with E-state index in [2.05, 4.69) is 26.9 Å². The van der Waals surface area contributed by atoms with Gasteiger partial charge in [0.15, 0.2) is 0 Å². The Balaban J connectivity index is 1.49. The van der Waals surface area contributed by atoms with Gasteiger partial charge >= 0.3 is 0 Å². The second-order valence-electron chi connectivity index (χ2n) is 9.04. The van der Waals surface area contributed by atoms with Crippen molar-refractivity contribution in [3.8, 4) is 0 Å². The highest BCUT2D eigenvalue weighted by atomic mass is 16.3. The number of rotatable bonds is 4. The number of hydrogen-bond donors (Lipinski definition) is 1. The molecule has 1 atom stereocenters. The van der Waals surface area contributed by atoms with Crippen molar-refractivity contribution in [2.45, 2.75) is 75.6 Å². The molecule has 2 saturated heterocycles. The largest absolute Gasteiger partial charge is 0.393 e. The van der Waals surface area contributed by atoms with Crippen molar-refractivity contribution < 1.29 is 9.90 Å². The molecule has 1 amide bonds. The molecule has 1 N–H and O–H groups in total. The number of hydrogen-bond acceptors (Lipinski definition) is 5. The van der Waals surface area contributed by atoms with Crippen molar-refractivity contribution in [3.63, 3.8) is 0 Å². The quantitative estimate of drug-likeness (QED) is 0.861. The van der Waals surface area contributed by atoms with Gasteiger partial charge in [0.05, 0.1) is 6.10 Å². The van der Waals surface area contributed by atoms with Crippen molar-refractivity contribution in [1.82, 2.24) is 14.8 Å². The maximum Gasteiger partial charge on any atom is 0.243 e. The summed E-state index contributed by atoms with van der Waals surface area (Å²) in [5, 5.41) is 9.84. The van der Waals surface area contributed by atoms with E-state index in [1.54, 1.807) is 0 Å². The van der Waals surface area contributed by atoms with Gasteiger partial charge in [-0.05, 0) is 69.5 Å². The molecule has 1 aromatic heterocycles. The molecule has 28 heavy (non-hydrogen) atoms. The predicted octanol–water partition coefficient (Wildman–Crippen LogP) is 2.41. The summed E-state index contributed by atoms with van der Waals surface area (Å²) < 4.78 is 0. The van der Waals surface area contributed by atoms with Gasteiger partial charge in [-0.25, -0.2) is 4.98 Å². The molecule has 1 spiro atoms. The number of pyridine rings is 1. The number of carbonyl (C=O) groups is 1. The fourth-order valence-electron chi connectivity index (χ4n) is 5.42. The highest BCUT2D eigenvalue weighted by Gasteiger charge is 2.51. The zero-order valence-corrected chi connectivity index (χ0v) is 17.3. The van der Waals surface area contributed by atoms with E-state index in [0.717, 1.165) is 76.8 Å². The number of carbonyl (C=O) groups excluding carboxylic acids is 1. The summed E-state index contributed by atoms with van der Waals surface area (Å²) in [4.78, 5) is 24.8. The predicted molar refractivity (Wildman–Crippen MR) is 110 cm³/mol. The minimum Gasteiger partial charge on any atom is -0.393 e. The molecule has 6 nitrogen and oxygen atoms in total. The van der Waals surface area contributed by atoms with E-state index in [-0.39, 0.29) is 11.6 Å². The van der Waals surface area contributed by atoms with Crippen LogP contribution >= 0.6 is 0 Å². The summed E-state index contributed by atoms with van der Waals surface area (Å²) in [6.07, 6.45) is 9.44. The molecule has 1 aliphatic carbocycles. The van der Waals surface area contributed by atoms with E-state index in [4.69, 9.17) is 0 Å². The van der Waals surface area contributed by atoms with E-state index >= 15 is 0 Å². The van der Waals surface area contributed by atoms with Gasteiger partial charge in [-0.15, -0.1) is 0 Å². The number of anilines is 1. The molecule has 1 aromatic rings. The fraction of sp³-hybridized carbons (Fsp3) is 0.727. The molecule has 6 heteroatoms. The molecular weight excluding hydrogens is 352 g/mol. The number of piperidine rings is 1. The lowest BCUT2D eigenvalue weighted by Crippen LogP contribution is -2.62. The van der Waals surface area contributed by atoms with E-state index in [1.807, 2.05) is 25.2 Å². The first kappa shape index (κ1) is 19.6. The van der Waals surface area contributed by atoms with E-state index in [9.17, 15) is 9.90 Å². The number of aromatic nitrogens is 1. The zero-order chi connectivity index (χ0) is 19.7. The molecule has 0 bridgehead atoms. The maximum atomic E-state index is 13.7. The third kappa shape index (κ3) is 3.64. The van der Waals surface area contributed by atoms with Crippen LogP contribution in [0.2, 0.25) is 0 Å². The highest BCUT2D eigenvalue weighted by Crippen LogP contribution is 2.41. The summed E-state index contributed by atoms with van der Waals surface area (Å²) in [5.41, 5.74) is 0.853. The van der Waals surface area contributed by atoms with Gasteiger partial charge in [-0.2, -0.15) is 0 Å². The average Bonchev–Trinajstić information content (AvgIpc) is 3.08. The van der Waals surface area contributed by atoms with Crippen molar-refractivity contribution in [1.29, 1.82) is 0 Å². The summed E-state index contributed by atoms with van der Waals surface area (Å²) in [5.74, 6) is 1.30. The van der Waals surface area contributed by atoms with Crippen LogP contribution in [0.4, 0.5) is 5.82 Å². The van der Waals surface area contributed by atoms with Gasteiger partial charge in [0.25, 0.3) is 0 Å². The number of aliphatic hydroxyl groups is 1. The van der Waals surface area contributed by atoms with Crippen LogP contribution in [0.15, 0.2) is 18.3 Å². The van der Waals surface area contributed by atoms with Gasteiger partial charge < -0.3 is 14.9 Å². The molecule has 154 valence electrons. The lowest BCUT2D eigenvalue weighted by atomic mass is 9.82. The number of nitrogens with zero attached hydrogens (tertiary/aromatic N) is 4. The Morgan fingerprint density at radius 2 is 1.86 bits per heavy atom. The van der Waals surface area contributed by atoms with Crippen LogP contribution in [0.25, 0.3) is 0 Å². The highest BCUT2D eigenvalue weighted by molar-refractivity contribution is 5.87. The smallest absolute Gasteiger partial charge is 0.243 e. The molecule has 3 fully saturated rings. The normalized spacial score (nSPS) is 31.5. The number of likely N-dealkylation sites (tertiary alicyclic amines) is 2. The monoisotopic (exact) mass is 386 g/mol. The molecule has 0 radical (unpaired) electrons. The Bertz CT molecular complexity index is 684. The standard InChI is InChI=1S/C22H34N4O2/c1-24(2)20-10-5-17(15-23-20)16-25-13-3-11-22(25)12-4-14-26(21(22)28)18-6-8-19(27)9-7-18/h5,10,15,18-19,27H,3-4,6-9,11-14,16H2,1-2H3. The topological polar surface area (TPSA) is 59.9 Å². The van der Waals surface area contributed by atoms with Gasteiger partial charge in [0.2, 0.25) is 5.91 Å². The van der Waals surface area contributed by atoms with Crippen molar-refractivity contribution in [2.24, 2.45) is 0 Å². The van der Waals surface area contributed by atoms with Crippen LogP contribution in [0.3, 0.4) is 0 Å². The molecule has 4 rings (SSSR count). The minimum absolute atomic E-state index is 0.175. The second-order valence-corrected chi connectivity index (χ2v) is 9.04. The lowest BCUT2D eigenvalue weighted by Gasteiger charge is -2.48. The fourth-order valence-corrected chi connectivity index (χ4v) is 5.42. The second kappa shape index (κ2) is 7.99. The van der Waals surface area contributed by atoms with E-state index in [1.165, 1.54) is 5.56 Å². The summed E-state index contributed by atoms with van der Waals surface area (Å²) in [6, 6.07) is 4.51. The molecule has 3 aliphatic rings. The molecular formula is C22H34N4O2. The third-order valence-electron chi connectivity index (χ3n) is 7.02. The SMILES string of the molecule is CN(C)c1ccc(CN2CCCC23CCCN(C2CCC(O)CC2)C3=O)cn1. The van der Waals surface area contributed by atoms with Gasteiger partial charge in [-0.3, -0.25) is 9.69 Å². The Morgan fingerprint density at radius 3 is 2.50 bits per heavy atom. The van der Waals surface area contributed by atoms with Crippen molar-refractivity contribution >= 4 is 11.7 Å². The molecule has 1 unspecified atom stereocenters. The first-order chi connectivity index (χ1) is 13.5. The average molecular weight is 387 g/mol. The van der Waals surface area contributed by atoms with E-state index in [0.29, 0.717) is 11.9 Å². The first-order valence-corrected chi connectivity index (χ1v) is 10.9. The molecule has 2 aliphatic heterocycles. The van der Waals surface area contributed by atoms with Crippen LogP contribution < -0.4 is 4.90 Å². The number of amides is 1. The lowest BCUT2D eigenvalue weighted by molar-refractivity contribution is -0.152. The van der Waals surface area contributed by atoms with Gasteiger partial charge in [0, 0.05) is 39.4 Å². The molecule has 3 heterocycles. The van der Waals surface area contributed by atoms with Crippen LogP contribution in [-0.4, -0.2) is 70.7 Å². The molecule has 0 aromatic carbocycles. The van der Waals surface area contributed by atoms with Crippen LogP contribution in [0.1, 0.15) is 56.9 Å². The minimum atomic E-state index is -0.325. The molecule has 1 saturated carbocycles. The van der Waals surface area contributed by atoms with Gasteiger partial charge in [-0.1, -0.05) is 6.07 Å². The Labute approximate surface area is 168 Å². The first-order valence-electron chi connectivity index (χ1n) is 10.9. The van der Waals surface area contributed by atoms with Crippen LogP contribution in [0.5, 0.6) is 0 Å². The van der Waals surface area contributed by atoms with Crippen molar-refractivity contribution in [2.75, 3.05) is 32.1 Å². The van der Waals surface area contributed by atoms with Gasteiger partial charge in [0.1, 0.15) is 11.4 Å². The van der Waals surface area contributed by atoms with Crippen LogP contribution in [-0.2, 0) is 11.3 Å². The summed E-state index contributed by atoms with van der Waals surface area (Å²) >= 11 is 0.